The molecule has 5 nitrogen and oxygen atoms in total. The van der Waals surface area contributed by atoms with Crippen LogP contribution in [-0.4, -0.2) is 56.7 Å². The number of rotatable bonds is 2. The van der Waals surface area contributed by atoms with Crippen molar-refractivity contribution in [2.45, 2.75) is 6.04 Å². The van der Waals surface area contributed by atoms with Gasteiger partial charge in [0, 0.05) is 32.7 Å². The lowest BCUT2D eigenvalue weighted by Crippen LogP contribution is -2.64. The molecule has 2 heterocycles. The number of hydrogen-bond donors (Lipinski definition) is 1. The van der Waals surface area contributed by atoms with Crippen molar-refractivity contribution in [2.75, 3.05) is 44.7 Å². The summed E-state index contributed by atoms with van der Waals surface area (Å²) in [6.07, 6.45) is 0. The third kappa shape index (κ3) is 2.19. The Bertz CT molecular complexity index is 478. The zero-order chi connectivity index (χ0) is 13.2. The summed E-state index contributed by atoms with van der Waals surface area (Å²) < 4.78 is 5.36. The monoisotopic (exact) mass is 261 g/mol. The zero-order valence-electron chi connectivity index (χ0n) is 11.1. The first kappa shape index (κ1) is 12.4. The van der Waals surface area contributed by atoms with Gasteiger partial charge < -0.3 is 15.0 Å². The molecule has 2 aliphatic rings. The molecule has 0 spiro atoms. The molecule has 19 heavy (non-hydrogen) atoms. The standard InChI is InChI=1S/C14H19N3O2/c1-19-13-5-3-2-4-11(13)17-9-8-16-7-6-15-10-12(16)14(17)18/h2-5,12,15H,6-10H2,1H3. The summed E-state index contributed by atoms with van der Waals surface area (Å²) in [5.74, 6) is 0.927. The number of anilines is 1. The van der Waals surface area contributed by atoms with Gasteiger partial charge in [-0.2, -0.15) is 0 Å². The molecular weight excluding hydrogens is 242 g/mol. The highest BCUT2D eigenvalue weighted by Gasteiger charge is 2.37. The average Bonchev–Trinajstić information content (AvgIpc) is 2.48. The van der Waals surface area contributed by atoms with E-state index in [-0.39, 0.29) is 11.9 Å². The summed E-state index contributed by atoms with van der Waals surface area (Å²) in [6.45, 7) is 4.32. The minimum absolute atomic E-state index is 0.0348. The lowest BCUT2D eigenvalue weighted by molar-refractivity contribution is -0.126. The summed E-state index contributed by atoms with van der Waals surface area (Å²) in [7, 11) is 1.64. The second-order valence-corrected chi connectivity index (χ2v) is 4.92. The molecular formula is C14H19N3O2. The van der Waals surface area contributed by atoms with Crippen molar-refractivity contribution in [1.29, 1.82) is 0 Å². The third-order valence-corrected chi connectivity index (χ3v) is 3.89. The fourth-order valence-corrected chi connectivity index (χ4v) is 2.87. The number of piperazine rings is 2. The first-order valence-corrected chi connectivity index (χ1v) is 6.70. The van der Waals surface area contributed by atoms with E-state index in [1.807, 2.05) is 29.2 Å². The van der Waals surface area contributed by atoms with Crippen LogP contribution in [0.25, 0.3) is 0 Å². The molecule has 1 aromatic rings. The van der Waals surface area contributed by atoms with E-state index in [9.17, 15) is 4.79 Å². The maximum Gasteiger partial charge on any atom is 0.245 e. The van der Waals surface area contributed by atoms with Gasteiger partial charge >= 0.3 is 0 Å². The molecule has 3 rings (SSSR count). The van der Waals surface area contributed by atoms with Crippen LogP contribution in [0, 0.1) is 0 Å². The number of benzene rings is 1. The Balaban J connectivity index is 1.87. The molecule has 0 aliphatic carbocycles. The normalized spacial score (nSPS) is 24.2. The van der Waals surface area contributed by atoms with Gasteiger partial charge in [0.05, 0.1) is 12.8 Å². The molecule has 0 radical (unpaired) electrons. The van der Waals surface area contributed by atoms with Crippen LogP contribution in [0.2, 0.25) is 0 Å². The summed E-state index contributed by atoms with van der Waals surface area (Å²) in [6, 6.07) is 7.67. The van der Waals surface area contributed by atoms with E-state index in [0.29, 0.717) is 0 Å². The number of amides is 1. The van der Waals surface area contributed by atoms with Crippen LogP contribution in [0.15, 0.2) is 24.3 Å². The van der Waals surface area contributed by atoms with Crippen molar-refractivity contribution in [2.24, 2.45) is 0 Å². The van der Waals surface area contributed by atoms with Crippen molar-refractivity contribution < 1.29 is 9.53 Å². The zero-order valence-corrected chi connectivity index (χ0v) is 11.1. The van der Waals surface area contributed by atoms with Crippen LogP contribution in [0.5, 0.6) is 5.75 Å². The first-order chi connectivity index (χ1) is 9.31. The second-order valence-electron chi connectivity index (χ2n) is 4.92. The second kappa shape index (κ2) is 5.19. The predicted molar refractivity (Wildman–Crippen MR) is 73.6 cm³/mol. The Morgan fingerprint density at radius 3 is 2.95 bits per heavy atom. The molecule has 2 fully saturated rings. The minimum atomic E-state index is -0.0348. The number of carbonyl (C=O) groups excluding carboxylic acids is 1. The molecule has 0 bridgehead atoms. The van der Waals surface area contributed by atoms with E-state index in [1.165, 1.54) is 0 Å². The molecule has 1 aromatic carbocycles. The number of nitrogens with one attached hydrogen (secondary N) is 1. The van der Waals surface area contributed by atoms with Crippen LogP contribution in [-0.2, 0) is 4.79 Å². The summed E-state index contributed by atoms with van der Waals surface area (Å²) in [5, 5.41) is 3.29. The van der Waals surface area contributed by atoms with E-state index in [2.05, 4.69) is 10.2 Å². The number of para-hydroxylation sites is 2. The average molecular weight is 261 g/mol. The highest BCUT2D eigenvalue weighted by atomic mass is 16.5. The van der Waals surface area contributed by atoms with Gasteiger partial charge in [-0.3, -0.25) is 9.69 Å². The van der Waals surface area contributed by atoms with Crippen LogP contribution >= 0.6 is 0 Å². The SMILES string of the molecule is COc1ccccc1N1CCN2CCNCC2C1=O. The van der Waals surface area contributed by atoms with Gasteiger partial charge in [-0.15, -0.1) is 0 Å². The molecule has 0 saturated carbocycles. The highest BCUT2D eigenvalue weighted by Crippen LogP contribution is 2.30. The fourth-order valence-electron chi connectivity index (χ4n) is 2.87. The van der Waals surface area contributed by atoms with Crippen molar-refractivity contribution in [3.63, 3.8) is 0 Å². The Kier molecular flexibility index (Phi) is 3.40. The number of ether oxygens (including phenoxy) is 1. The van der Waals surface area contributed by atoms with Crippen molar-refractivity contribution >= 4 is 11.6 Å². The van der Waals surface area contributed by atoms with Gasteiger partial charge in [0.1, 0.15) is 11.8 Å². The van der Waals surface area contributed by atoms with Crippen molar-refractivity contribution in [3.05, 3.63) is 24.3 Å². The molecule has 1 unspecified atom stereocenters. The summed E-state index contributed by atoms with van der Waals surface area (Å²) >= 11 is 0. The smallest absolute Gasteiger partial charge is 0.245 e. The minimum Gasteiger partial charge on any atom is -0.495 e. The number of carbonyl (C=O) groups is 1. The van der Waals surface area contributed by atoms with Crippen molar-refractivity contribution in [1.82, 2.24) is 10.2 Å². The van der Waals surface area contributed by atoms with E-state index >= 15 is 0 Å². The van der Waals surface area contributed by atoms with E-state index < -0.39 is 0 Å². The molecule has 1 N–H and O–H groups in total. The Morgan fingerprint density at radius 2 is 2.11 bits per heavy atom. The van der Waals surface area contributed by atoms with E-state index in [1.54, 1.807) is 7.11 Å². The number of methoxy groups -OCH3 is 1. The molecule has 5 heteroatoms. The molecule has 1 amide bonds. The molecule has 0 aromatic heterocycles. The number of hydrogen-bond acceptors (Lipinski definition) is 4. The quantitative estimate of drug-likeness (QED) is 0.832. The third-order valence-electron chi connectivity index (χ3n) is 3.89. The molecule has 2 aliphatic heterocycles. The van der Waals surface area contributed by atoms with Gasteiger partial charge in [-0.25, -0.2) is 0 Å². The van der Waals surface area contributed by atoms with Gasteiger partial charge in [-0.05, 0) is 12.1 Å². The molecule has 102 valence electrons. The largest absolute Gasteiger partial charge is 0.495 e. The topological polar surface area (TPSA) is 44.8 Å². The van der Waals surface area contributed by atoms with Crippen LogP contribution < -0.4 is 15.0 Å². The van der Waals surface area contributed by atoms with Crippen LogP contribution in [0.3, 0.4) is 0 Å². The van der Waals surface area contributed by atoms with Crippen LogP contribution in [0.1, 0.15) is 0 Å². The van der Waals surface area contributed by atoms with E-state index in [4.69, 9.17) is 4.74 Å². The summed E-state index contributed by atoms with van der Waals surface area (Å²) in [5.41, 5.74) is 0.875. The van der Waals surface area contributed by atoms with Gasteiger partial charge in [0.15, 0.2) is 0 Å². The lowest BCUT2D eigenvalue weighted by atomic mass is 10.1. The van der Waals surface area contributed by atoms with Gasteiger partial charge in [0.25, 0.3) is 0 Å². The van der Waals surface area contributed by atoms with Gasteiger partial charge in [0.2, 0.25) is 5.91 Å². The molecule has 1 atom stereocenters. The lowest BCUT2D eigenvalue weighted by Gasteiger charge is -2.43. The summed E-state index contributed by atoms with van der Waals surface area (Å²) in [4.78, 5) is 16.7. The fraction of sp³-hybridized carbons (Fsp3) is 0.500. The first-order valence-electron chi connectivity index (χ1n) is 6.70. The number of fused-ring (bicyclic) bond motifs is 1. The van der Waals surface area contributed by atoms with E-state index in [0.717, 1.165) is 44.2 Å². The molecule has 2 saturated heterocycles. The highest BCUT2D eigenvalue weighted by molar-refractivity contribution is 5.99. The number of nitrogens with zero attached hydrogens (tertiary/aromatic N) is 2. The maximum atomic E-state index is 12.6. The van der Waals surface area contributed by atoms with Crippen LogP contribution in [0.4, 0.5) is 5.69 Å². The van der Waals surface area contributed by atoms with Crippen molar-refractivity contribution in [3.8, 4) is 5.75 Å². The maximum absolute atomic E-state index is 12.6. The Morgan fingerprint density at radius 1 is 1.26 bits per heavy atom. The predicted octanol–water partition coefficient (Wildman–Crippen LogP) is 0.316. The Labute approximate surface area is 113 Å². The Hall–Kier alpha value is -1.59. The van der Waals surface area contributed by atoms with Gasteiger partial charge in [-0.1, -0.05) is 12.1 Å².